The SMILES string of the molecule is CCC(NC(=O)CNC(=O)[C@@H](N)C(C)C)c1ccc2c(c1)OCCO2.Cl. The van der Waals surface area contributed by atoms with Crippen LogP contribution in [0.25, 0.3) is 0 Å². The number of carbonyl (C=O) groups is 2. The van der Waals surface area contributed by atoms with E-state index in [9.17, 15) is 9.59 Å². The number of nitrogens with one attached hydrogen (secondary N) is 2. The summed E-state index contributed by atoms with van der Waals surface area (Å²) in [6, 6.07) is 4.86. The van der Waals surface area contributed by atoms with Crippen molar-refractivity contribution in [1.29, 1.82) is 0 Å². The van der Waals surface area contributed by atoms with Gasteiger partial charge in [0.05, 0.1) is 18.6 Å². The second kappa shape index (κ2) is 10.2. The van der Waals surface area contributed by atoms with E-state index in [0.717, 1.165) is 5.56 Å². The van der Waals surface area contributed by atoms with Crippen LogP contribution in [0.1, 0.15) is 38.8 Å². The molecule has 2 amide bonds. The van der Waals surface area contributed by atoms with Gasteiger partial charge in [0.15, 0.2) is 11.5 Å². The van der Waals surface area contributed by atoms with Crippen LogP contribution in [0, 0.1) is 5.92 Å². The van der Waals surface area contributed by atoms with Crippen LogP contribution >= 0.6 is 12.4 Å². The molecule has 1 aliphatic rings. The largest absolute Gasteiger partial charge is 0.486 e. The molecule has 1 aromatic rings. The molecular formula is C18H28ClN3O4. The highest BCUT2D eigenvalue weighted by molar-refractivity contribution is 5.87. The number of rotatable bonds is 7. The summed E-state index contributed by atoms with van der Waals surface area (Å²) in [4.78, 5) is 24.0. The maximum atomic E-state index is 12.1. The second-order valence-electron chi connectivity index (χ2n) is 6.42. The summed E-state index contributed by atoms with van der Waals surface area (Å²) < 4.78 is 11.1. The summed E-state index contributed by atoms with van der Waals surface area (Å²) >= 11 is 0. The van der Waals surface area contributed by atoms with Crippen LogP contribution in [0.5, 0.6) is 11.5 Å². The van der Waals surface area contributed by atoms with Crippen molar-refractivity contribution in [2.75, 3.05) is 19.8 Å². The van der Waals surface area contributed by atoms with E-state index in [1.165, 1.54) is 0 Å². The molecule has 7 nitrogen and oxygen atoms in total. The van der Waals surface area contributed by atoms with E-state index in [1.807, 2.05) is 39.0 Å². The monoisotopic (exact) mass is 385 g/mol. The zero-order chi connectivity index (χ0) is 18.4. The van der Waals surface area contributed by atoms with Gasteiger partial charge in [-0.1, -0.05) is 26.8 Å². The van der Waals surface area contributed by atoms with Crippen molar-refractivity contribution in [1.82, 2.24) is 10.6 Å². The average Bonchev–Trinajstić information content (AvgIpc) is 2.62. The quantitative estimate of drug-likeness (QED) is 0.660. The number of carbonyl (C=O) groups excluding carboxylic acids is 2. The third-order valence-electron chi connectivity index (χ3n) is 4.16. The Morgan fingerprint density at radius 2 is 1.85 bits per heavy atom. The van der Waals surface area contributed by atoms with Crippen LogP contribution in [0.4, 0.5) is 0 Å². The fraction of sp³-hybridized carbons (Fsp3) is 0.556. The van der Waals surface area contributed by atoms with E-state index < -0.39 is 6.04 Å². The Kier molecular flexibility index (Phi) is 8.68. The Labute approximate surface area is 160 Å². The number of halogens is 1. The van der Waals surface area contributed by atoms with Gasteiger partial charge in [0.2, 0.25) is 11.8 Å². The Balaban J connectivity index is 0.00000338. The number of nitrogens with two attached hydrogens (primary N) is 1. The van der Waals surface area contributed by atoms with Gasteiger partial charge in [-0.2, -0.15) is 0 Å². The van der Waals surface area contributed by atoms with E-state index >= 15 is 0 Å². The molecule has 0 fully saturated rings. The molecule has 2 atom stereocenters. The van der Waals surface area contributed by atoms with Gasteiger partial charge in [-0.3, -0.25) is 9.59 Å². The molecule has 0 saturated carbocycles. The number of amides is 2. The van der Waals surface area contributed by atoms with E-state index in [4.69, 9.17) is 15.2 Å². The topological polar surface area (TPSA) is 103 Å². The molecule has 8 heteroatoms. The normalized spacial score (nSPS) is 14.8. The highest BCUT2D eigenvalue weighted by atomic mass is 35.5. The molecule has 1 aromatic carbocycles. The van der Waals surface area contributed by atoms with Gasteiger partial charge in [0.25, 0.3) is 0 Å². The van der Waals surface area contributed by atoms with E-state index in [1.54, 1.807) is 0 Å². The van der Waals surface area contributed by atoms with Gasteiger partial charge < -0.3 is 25.8 Å². The highest BCUT2D eigenvalue weighted by Crippen LogP contribution is 2.33. The molecule has 146 valence electrons. The minimum Gasteiger partial charge on any atom is -0.486 e. The lowest BCUT2D eigenvalue weighted by Crippen LogP contribution is -2.47. The Bertz CT molecular complexity index is 624. The summed E-state index contributed by atoms with van der Waals surface area (Å²) in [6.07, 6.45) is 0.713. The smallest absolute Gasteiger partial charge is 0.239 e. The lowest BCUT2D eigenvalue weighted by atomic mass is 10.0. The fourth-order valence-electron chi connectivity index (χ4n) is 2.53. The predicted octanol–water partition coefficient (Wildman–Crippen LogP) is 1.55. The number of hydrogen-bond donors (Lipinski definition) is 3. The van der Waals surface area contributed by atoms with E-state index in [0.29, 0.717) is 31.1 Å². The molecule has 2 rings (SSSR count). The van der Waals surface area contributed by atoms with Crippen LogP contribution in [0.2, 0.25) is 0 Å². The van der Waals surface area contributed by atoms with E-state index in [2.05, 4.69) is 10.6 Å². The van der Waals surface area contributed by atoms with Crippen LogP contribution in [0.3, 0.4) is 0 Å². The van der Waals surface area contributed by atoms with Crippen LogP contribution < -0.4 is 25.8 Å². The first-order chi connectivity index (χ1) is 11.9. The van der Waals surface area contributed by atoms with Crippen LogP contribution in [-0.2, 0) is 9.59 Å². The zero-order valence-corrected chi connectivity index (χ0v) is 16.2. The van der Waals surface area contributed by atoms with Crippen molar-refractivity contribution >= 4 is 24.2 Å². The summed E-state index contributed by atoms with van der Waals surface area (Å²) in [5.74, 6) is 0.839. The maximum absolute atomic E-state index is 12.1. The third-order valence-corrected chi connectivity index (χ3v) is 4.16. The molecule has 0 radical (unpaired) electrons. The van der Waals surface area contributed by atoms with Crippen molar-refractivity contribution in [3.05, 3.63) is 23.8 Å². The summed E-state index contributed by atoms with van der Waals surface area (Å²) in [5, 5.41) is 5.50. The van der Waals surface area contributed by atoms with Crippen molar-refractivity contribution in [3.63, 3.8) is 0 Å². The predicted molar refractivity (Wildman–Crippen MR) is 102 cm³/mol. The molecule has 0 spiro atoms. The van der Waals surface area contributed by atoms with Crippen LogP contribution in [-0.4, -0.2) is 37.6 Å². The third kappa shape index (κ3) is 5.78. The molecule has 0 saturated heterocycles. The lowest BCUT2D eigenvalue weighted by Gasteiger charge is -2.22. The average molecular weight is 386 g/mol. The zero-order valence-electron chi connectivity index (χ0n) is 15.4. The first-order valence-corrected chi connectivity index (χ1v) is 8.64. The Morgan fingerprint density at radius 3 is 2.46 bits per heavy atom. The van der Waals surface area contributed by atoms with Crippen molar-refractivity contribution in [3.8, 4) is 11.5 Å². The lowest BCUT2D eigenvalue weighted by molar-refractivity contribution is -0.127. The summed E-state index contributed by atoms with van der Waals surface area (Å²) in [5.41, 5.74) is 6.70. The van der Waals surface area contributed by atoms with Crippen LogP contribution in [0.15, 0.2) is 18.2 Å². The standard InChI is InChI=1S/C18H27N3O4.ClH/c1-4-13(12-5-6-14-15(9-12)25-8-7-24-14)21-16(22)10-20-18(23)17(19)11(2)3;/h5-6,9,11,13,17H,4,7-8,10,19H2,1-3H3,(H,20,23)(H,21,22);1H/t13?,17-;/m0./s1. The Morgan fingerprint density at radius 1 is 1.19 bits per heavy atom. The molecule has 26 heavy (non-hydrogen) atoms. The van der Waals surface area contributed by atoms with Crippen molar-refractivity contribution < 1.29 is 19.1 Å². The minimum absolute atomic E-state index is 0. The van der Waals surface area contributed by atoms with Gasteiger partial charge in [-0.05, 0) is 30.0 Å². The Hall–Kier alpha value is -1.99. The van der Waals surface area contributed by atoms with Gasteiger partial charge in [-0.15, -0.1) is 12.4 Å². The molecule has 1 unspecified atom stereocenters. The van der Waals surface area contributed by atoms with Gasteiger partial charge in [0.1, 0.15) is 13.2 Å². The number of hydrogen-bond acceptors (Lipinski definition) is 5. The van der Waals surface area contributed by atoms with Gasteiger partial charge in [0, 0.05) is 0 Å². The van der Waals surface area contributed by atoms with Crippen molar-refractivity contribution in [2.45, 2.75) is 39.3 Å². The molecule has 4 N–H and O–H groups in total. The molecule has 1 heterocycles. The van der Waals surface area contributed by atoms with Gasteiger partial charge >= 0.3 is 0 Å². The molecule has 1 aliphatic heterocycles. The fourth-order valence-corrected chi connectivity index (χ4v) is 2.53. The minimum atomic E-state index is -0.618. The summed E-state index contributed by atoms with van der Waals surface area (Å²) in [6.45, 7) is 6.66. The molecular weight excluding hydrogens is 358 g/mol. The number of fused-ring (bicyclic) bond motifs is 1. The molecule has 0 aromatic heterocycles. The second-order valence-corrected chi connectivity index (χ2v) is 6.42. The maximum Gasteiger partial charge on any atom is 0.239 e. The first-order valence-electron chi connectivity index (χ1n) is 8.64. The number of ether oxygens (including phenoxy) is 2. The summed E-state index contributed by atoms with van der Waals surface area (Å²) in [7, 11) is 0. The van der Waals surface area contributed by atoms with Gasteiger partial charge in [-0.25, -0.2) is 0 Å². The molecule has 0 bridgehead atoms. The number of benzene rings is 1. The molecule has 0 aliphatic carbocycles. The first kappa shape index (κ1) is 22.1. The van der Waals surface area contributed by atoms with E-state index in [-0.39, 0.29) is 42.7 Å². The van der Waals surface area contributed by atoms with Crippen molar-refractivity contribution in [2.24, 2.45) is 11.7 Å². The highest BCUT2D eigenvalue weighted by Gasteiger charge is 2.20.